The molecule has 3 rings (SSSR count). The minimum Gasteiger partial charge on any atom is -0.352 e. The van der Waals surface area contributed by atoms with E-state index in [1.54, 1.807) is 35.2 Å². The molecule has 162 valence electrons. The molecule has 1 heterocycles. The van der Waals surface area contributed by atoms with Crippen molar-refractivity contribution in [3.05, 3.63) is 72.6 Å². The molecule has 7 nitrogen and oxygen atoms in total. The number of carbonyl (C=O) groups excluding carboxylic acids is 3. The molecule has 1 saturated heterocycles. The van der Waals surface area contributed by atoms with Crippen LogP contribution < -0.4 is 16.0 Å². The summed E-state index contributed by atoms with van der Waals surface area (Å²) in [6.45, 7) is 4.89. The van der Waals surface area contributed by atoms with E-state index in [0.29, 0.717) is 36.6 Å². The second kappa shape index (κ2) is 10.4. The molecule has 3 N–H and O–H groups in total. The van der Waals surface area contributed by atoms with Crippen LogP contribution in [-0.2, 0) is 4.79 Å². The highest BCUT2D eigenvalue weighted by Gasteiger charge is 2.28. The lowest BCUT2D eigenvalue weighted by atomic mass is 9.97. The van der Waals surface area contributed by atoms with Crippen LogP contribution in [0.15, 0.2) is 61.2 Å². The molecule has 8 heteroatoms. The molecule has 1 aliphatic heterocycles. The number of carbonyl (C=O) groups is 3. The molecule has 2 aromatic carbocycles. The van der Waals surface area contributed by atoms with Gasteiger partial charge < -0.3 is 20.9 Å². The molecule has 0 bridgehead atoms. The highest BCUT2D eigenvalue weighted by atomic mass is 19.1. The average molecular weight is 424 g/mol. The van der Waals surface area contributed by atoms with Gasteiger partial charge in [-0.25, -0.2) is 9.18 Å². The van der Waals surface area contributed by atoms with Crippen LogP contribution in [0.2, 0.25) is 0 Å². The van der Waals surface area contributed by atoms with Crippen LogP contribution >= 0.6 is 0 Å². The fourth-order valence-corrected chi connectivity index (χ4v) is 3.37. The molecule has 1 aliphatic rings. The second-order valence-electron chi connectivity index (χ2n) is 7.29. The molecular formula is C23H25FN4O3. The maximum absolute atomic E-state index is 13.0. The Bertz CT molecular complexity index is 962. The summed E-state index contributed by atoms with van der Waals surface area (Å²) >= 11 is 0. The molecule has 31 heavy (non-hydrogen) atoms. The first-order valence-electron chi connectivity index (χ1n) is 10.1. The standard InChI is InChI=1S/C23H25FN4O3/c1-2-12-25-21(29)17-5-4-13-28(15-17)23(31)27-20-7-3-6-19(14-20)26-22(30)16-8-10-18(24)11-9-16/h2-3,6-11,14,17H,1,4-5,12-13,15H2,(H,25,29)(H,26,30)(H,27,31)/t17-/m1/s1. The number of hydrogen-bond acceptors (Lipinski definition) is 3. The van der Waals surface area contributed by atoms with Crippen LogP contribution in [0, 0.1) is 11.7 Å². The quantitative estimate of drug-likeness (QED) is 0.619. The zero-order chi connectivity index (χ0) is 22.2. The first-order chi connectivity index (χ1) is 15.0. The Balaban J connectivity index is 1.59. The van der Waals surface area contributed by atoms with E-state index in [9.17, 15) is 18.8 Å². The van der Waals surface area contributed by atoms with Crippen LogP contribution in [0.25, 0.3) is 0 Å². The van der Waals surface area contributed by atoms with Crippen LogP contribution in [0.5, 0.6) is 0 Å². The molecule has 0 radical (unpaired) electrons. The van der Waals surface area contributed by atoms with E-state index in [-0.39, 0.29) is 23.8 Å². The first kappa shape index (κ1) is 22.0. The predicted molar refractivity (Wildman–Crippen MR) is 117 cm³/mol. The first-order valence-corrected chi connectivity index (χ1v) is 10.1. The topological polar surface area (TPSA) is 90.5 Å². The summed E-state index contributed by atoms with van der Waals surface area (Å²) in [6.07, 6.45) is 3.10. The number of urea groups is 1. The number of piperidine rings is 1. The van der Waals surface area contributed by atoms with Gasteiger partial charge in [-0.2, -0.15) is 0 Å². The zero-order valence-corrected chi connectivity index (χ0v) is 17.1. The maximum atomic E-state index is 13.0. The Kier molecular flexibility index (Phi) is 7.37. The maximum Gasteiger partial charge on any atom is 0.321 e. The van der Waals surface area contributed by atoms with Gasteiger partial charge in [-0.15, -0.1) is 6.58 Å². The van der Waals surface area contributed by atoms with E-state index in [2.05, 4.69) is 22.5 Å². The SMILES string of the molecule is C=CCNC(=O)[C@@H]1CCCN(C(=O)Nc2cccc(NC(=O)c3ccc(F)cc3)c2)C1. The van der Waals surface area contributed by atoms with Crippen molar-refractivity contribution in [1.29, 1.82) is 0 Å². The summed E-state index contributed by atoms with van der Waals surface area (Å²) in [5.41, 5.74) is 1.33. The molecule has 0 spiro atoms. The third kappa shape index (κ3) is 6.15. The number of nitrogens with zero attached hydrogens (tertiary/aromatic N) is 1. The molecule has 0 saturated carbocycles. The molecule has 1 atom stereocenters. The lowest BCUT2D eigenvalue weighted by molar-refractivity contribution is -0.126. The molecule has 4 amide bonds. The number of benzene rings is 2. The van der Waals surface area contributed by atoms with Crippen LogP contribution in [0.3, 0.4) is 0 Å². The number of anilines is 2. The third-order valence-corrected chi connectivity index (χ3v) is 4.98. The second-order valence-corrected chi connectivity index (χ2v) is 7.29. The zero-order valence-electron chi connectivity index (χ0n) is 17.1. The molecule has 1 fully saturated rings. The van der Waals surface area contributed by atoms with E-state index in [4.69, 9.17) is 0 Å². The van der Waals surface area contributed by atoms with Crippen molar-refractivity contribution in [1.82, 2.24) is 10.2 Å². The fraction of sp³-hybridized carbons (Fsp3) is 0.261. The summed E-state index contributed by atoms with van der Waals surface area (Å²) in [5.74, 6) is -1.13. The summed E-state index contributed by atoms with van der Waals surface area (Å²) in [5, 5.41) is 8.32. The Hall–Kier alpha value is -3.68. The smallest absolute Gasteiger partial charge is 0.321 e. The van der Waals surface area contributed by atoms with Gasteiger partial charge in [0.2, 0.25) is 5.91 Å². The number of nitrogens with one attached hydrogen (secondary N) is 3. The van der Waals surface area contributed by atoms with Gasteiger partial charge in [0.05, 0.1) is 5.92 Å². The minimum atomic E-state index is -0.417. The Morgan fingerprint density at radius 1 is 1.10 bits per heavy atom. The lowest BCUT2D eigenvalue weighted by Crippen LogP contribution is -2.46. The van der Waals surface area contributed by atoms with Gasteiger partial charge in [-0.05, 0) is 55.3 Å². The largest absolute Gasteiger partial charge is 0.352 e. The van der Waals surface area contributed by atoms with E-state index in [0.717, 1.165) is 12.8 Å². The van der Waals surface area contributed by atoms with Gasteiger partial charge in [0.1, 0.15) is 5.82 Å². The molecular weight excluding hydrogens is 399 g/mol. The highest BCUT2D eigenvalue weighted by molar-refractivity contribution is 6.04. The number of likely N-dealkylation sites (tertiary alicyclic amines) is 1. The summed E-state index contributed by atoms with van der Waals surface area (Å²) in [4.78, 5) is 38.8. The minimum absolute atomic E-state index is 0.0806. The molecule has 2 aromatic rings. The summed E-state index contributed by atoms with van der Waals surface area (Å²) in [6, 6.07) is 11.7. The van der Waals surface area contributed by atoms with Gasteiger partial charge in [0, 0.05) is 36.6 Å². The van der Waals surface area contributed by atoms with Crippen molar-refractivity contribution in [2.75, 3.05) is 30.3 Å². The molecule has 0 aliphatic carbocycles. The van der Waals surface area contributed by atoms with Crippen molar-refractivity contribution in [3.63, 3.8) is 0 Å². The summed E-state index contributed by atoms with van der Waals surface area (Å²) in [7, 11) is 0. The van der Waals surface area contributed by atoms with Gasteiger partial charge in [0.25, 0.3) is 5.91 Å². The Labute approximate surface area is 180 Å². The van der Waals surface area contributed by atoms with Gasteiger partial charge >= 0.3 is 6.03 Å². The van der Waals surface area contributed by atoms with Crippen molar-refractivity contribution >= 4 is 29.2 Å². The van der Waals surface area contributed by atoms with E-state index in [1.807, 2.05) is 0 Å². The number of rotatable bonds is 6. The highest BCUT2D eigenvalue weighted by Crippen LogP contribution is 2.20. The third-order valence-electron chi connectivity index (χ3n) is 4.98. The Morgan fingerprint density at radius 2 is 1.81 bits per heavy atom. The Morgan fingerprint density at radius 3 is 2.52 bits per heavy atom. The normalized spacial score (nSPS) is 15.6. The van der Waals surface area contributed by atoms with Gasteiger partial charge in [-0.1, -0.05) is 12.1 Å². The van der Waals surface area contributed by atoms with Crippen molar-refractivity contribution in [2.45, 2.75) is 12.8 Å². The number of hydrogen-bond donors (Lipinski definition) is 3. The lowest BCUT2D eigenvalue weighted by Gasteiger charge is -2.32. The van der Waals surface area contributed by atoms with Crippen LogP contribution in [0.1, 0.15) is 23.2 Å². The molecule has 0 unspecified atom stereocenters. The number of amides is 4. The average Bonchev–Trinajstić information content (AvgIpc) is 2.78. The van der Waals surface area contributed by atoms with Crippen molar-refractivity contribution in [2.24, 2.45) is 5.92 Å². The number of halogens is 1. The monoisotopic (exact) mass is 424 g/mol. The van der Waals surface area contributed by atoms with Crippen LogP contribution in [0.4, 0.5) is 20.6 Å². The van der Waals surface area contributed by atoms with E-state index in [1.165, 1.54) is 24.3 Å². The fourth-order valence-electron chi connectivity index (χ4n) is 3.37. The summed E-state index contributed by atoms with van der Waals surface area (Å²) < 4.78 is 13.0. The van der Waals surface area contributed by atoms with Gasteiger partial charge in [-0.3, -0.25) is 9.59 Å². The van der Waals surface area contributed by atoms with Crippen molar-refractivity contribution in [3.8, 4) is 0 Å². The van der Waals surface area contributed by atoms with E-state index >= 15 is 0 Å². The predicted octanol–water partition coefficient (Wildman–Crippen LogP) is 3.62. The van der Waals surface area contributed by atoms with Crippen molar-refractivity contribution < 1.29 is 18.8 Å². The van der Waals surface area contributed by atoms with Gasteiger partial charge in [0.15, 0.2) is 0 Å². The van der Waals surface area contributed by atoms with E-state index < -0.39 is 5.82 Å². The molecule has 0 aromatic heterocycles. The van der Waals surface area contributed by atoms with Crippen LogP contribution in [-0.4, -0.2) is 42.4 Å².